The quantitative estimate of drug-likeness (QED) is 0.617. The Balaban J connectivity index is 1.66. The van der Waals surface area contributed by atoms with E-state index in [4.69, 9.17) is 0 Å². The van der Waals surface area contributed by atoms with Gasteiger partial charge in [-0.2, -0.15) is 0 Å². The van der Waals surface area contributed by atoms with Crippen molar-refractivity contribution < 1.29 is 14.4 Å². The van der Waals surface area contributed by atoms with Crippen molar-refractivity contribution >= 4 is 23.4 Å². The average molecular weight is 476 g/mol. The Morgan fingerprint density at radius 3 is 2.34 bits per heavy atom. The lowest BCUT2D eigenvalue weighted by Gasteiger charge is -2.35. The van der Waals surface area contributed by atoms with E-state index in [1.165, 1.54) is 0 Å². The lowest BCUT2D eigenvalue weighted by molar-refractivity contribution is -0.139. The van der Waals surface area contributed by atoms with Gasteiger partial charge in [0.15, 0.2) is 0 Å². The number of carbonyl (C=O) groups excluding carboxylic acids is 3. The van der Waals surface area contributed by atoms with Gasteiger partial charge >= 0.3 is 0 Å². The SMILES string of the molecule is CC(=O)N(CCC(C)C)CC1(C(=O)NC2C(=O)N(C)c3ccccc3-c3ccccc32)CCCC1. The molecule has 2 aromatic carbocycles. The first kappa shape index (κ1) is 25.0. The highest BCUT2D eigenvalue weighted by molar-refractivity contribution is 6.06. The summed E-state index contributed by atoms with van der Waals surface area (Å²) >= 11 is 0. The maximum absolute atomic E-state index is 14.0. The fourth-order valence-corrected chi connectivity index (χ4v) is 5.49. The highest BCUT2D eigenvalue weighted by Gasteiger charge is 2.45. The van der Waals surface area contributed by atoms with Gasteiger partial charge in [0.1, 0.15) is 6.04 Å². The van der Waals surface area contributed by atoms with Crippen molar-refractivity contribution in [2.75, 3.05) is 25.0 Å². The number of fused-ring (bicyclic) bond motifs is 3. The third-order valence-corrected chi connectivity index (χ3v) is 7.64. The van der Waals surface area contributed by atoms with Crippen LogP contribution >= 0.6 is 0 Å². The fraction of sp³-hybridized carbons (Fsp3) is 0.483. The van der Waals surface area contributed by atoms with E-state index in [2.05, 4.69) is 19.2 Å². The van der Waals surface area contributed by atoms with E-state index in [-0.39, 0.29) is 17.7 Å². The number of anilines is 1. The molecule has 0 bridgehead atoms. The monoisotopic (exact) mass is 475 g/mol. The van der Waals surface area contributed by atoms with Crippen LogP contribution < -0.4 is 10.2 Å². The van der Waals surface area contributed by atoms with E-state index in [0.717, 1.165) is 54.5 Å². The van der Waals surface area contributed by atoms with Gasteiger partial charge in [0, 0.05) is 32.6 Å². The van der Waals surface area contributed by atoms with Crippen LogP contribution in [0.1, 0.15) is 64.5 Å². The molecule has 0 radical (unpaired) electrons. The second kappa shape index (κ2) is 10.2. The van der Waals surface area contributed by atoms with E-state index in [1.54, 1.807) is 18.9 Å². The van der Waals surface area contributed by atoms with Gasteiger partial charge in [-0.3, -0.25) is 14.4 Å². The van der Waals surface area contributed by atoms with E-state index >= 15 is 0 Å². The first-order chi connectivity index (χ1) is 16.7. The number of likely N-dealkylation sites (N-methyl/N-ethyl adjacent to an activating group) is 1. The molecule has 1 fully saturated rings. The van der Waals surface area contributed by atoms with Crippen molar-refractivity contribution in [2.45, 2.75) is 58.9 Å². The number of nitrogens with one attached hydrogen (secondary N) is 1. The van der Waals surface area contributed by atoms with Gasteiger partial charge in [-0.05, 0) is 42.4 Å². The molecule has 1 heterocycles. The molecule has 4 rings (SSSR count). The second-order valence-electron chi connectivity index (χ2n) is 10.5. The summed E-state index contributed by atoms with van der Waals surface area (Å²) in [5.74, 6) is 0.184. The Bertz CT molecular complexity index is 1100. The summed E-state index contributed by atoms with van der Waals surface area (Å²) in [5.41, 5.74) is 2.89. The van der Waals surface area contributed by atoms with Gasteiger partial charge in [0.25, 0.3) is 5.91 Å². The Morgan fingerprint density at radius 1 is 1.06 bits per heavy atom. The summed E-state index contributed by atoms with van der Waals surface area (Å²) in [6.07, 6.45) is 4.24. The minimum Gasteiger partial charge on any atom is -0.342 e. The summed E-state index contributed by atoms with van der Waals surface area (Å²) in [6, 6.07) is 14.9. The van der Waals surface area contributed by atoms with Gasteiger partial charge in [0.05, 0.1) is 11.1 Å². The number of benzene rings is 2. The lowest BCUT2D eigenvalue weighted by Crippen LogP contribution is -2.51. The summed E-state index contributed by atoms with van der Waals surface area (Å²) in [7, 11) is 1.76. The summed E-state index contributed by atoms with van der Waals surface area (Å²) in [5, 5.41) is 3.15. The molecule has 186 valence electrons. The van der Waals surface area contributed by atoms with Crippen LogP contribution in [0.4, 0.5) is 5.69 Å². The zero-order valence-electron chi connectivity index (χ0n) is 21.3. The molecule has 0 spiro atoms. The number of carbonyl (C=O) groups is 3. The van der Waals surface area contributed by atoms with Crippen molar-refractivity contribution in [3.63, 3.8) is 0 Å². The highest BCUT2D eigenvalue weighted by Crippen LogP contribution is 2.42. The van der Waals surface area contributed by atoms with Gasteiger partial charge in [0.2, 0.25) is 11.8 Å². The number of hydrogen-bond donors (Lipinski definition) is 1. The fourth-order valence-electron chi connectivity index (χ4n) is 5.49. The van der Waals surface area contributed by atoms with E-state index in [1.807, 2.05) is 53.4 Å². The van der Waals surface area contributed by atoms with Crippen LogP contribution in [0, 0.1) is 11.3 Å². The standard InChI is InChI=1S/C29H37N3O3/c1-20(2)15-18-32(21(3)33)19-29(16-9-10-17-29)28(35)30-26-24-13-6-5-11-22(24)23-12-7-8-14-25(23)31(4)27(26)34/h5-8,11-14,20,26H,9-10,15-19H2,1-4H3,(H,30,35). The first-order valence-electron chi connectivity index (χ1n) is 12.8. The van der Waals surface area contributed by atoms with E-state index in [0.29, 0.717) is 19.0 Å². The van der Waals surface area contributed by atoms with Gasteiger partial charge < -0.3 is 15.1 Å². The molecule has 1 N–H and O–H groups in total. The van der Waals surface area contributed by atoms with Crippen molar-refractivity contribution in [3.8, 4) is 11.1 Å². The summed E-state index contributed by atoms with van der Waals surface area (Å²) in [6.45, 7) is 6.91. The van der Waals surface area contributed by atoms with Crippen LogP contribution in [0.2, 0.25) is 0 Å². The molecule has 0 aromatic heterocycles. The summed E-state index contributed by atoms with van der Waals surface area (Å²) in [4.78, 5) is 43.6. The molecule has 0 saturated heterocycles. The maximum atomic E-state index is 14.0. The second-order valence-corrected chi connectivity index (χ2v) is 10.5. The highest BCUT2D eigenvalue weighted by atomic mass is 16.2. The third-order valence-electron chi connectivity index (χ3n) is 7.64. The molecule has 6 nitrogen and oxygen atoms in total. The maximum Gasteiger partial charge on any atom is 0.253 e. The number of rotatable bonds is 7. The molecule has 1 aliphatic carbocycles. The zero-order chi connectivity index (χ0) is 25.2. The molecule has 1 aliphatic heterocycles. The predicted octanol–water partition coefficient (Wildman–Crippen LogP) is 4.94. The molecule has 2 aromatic rings. The molecule has 1 atom stereocenters. The first-order valence-corrected chi connectivity index (χ1v) is 12.8. The molecular formula is C29H37N3O3. The molecular weight excluding hydrogens is 438 g/mol. The molecule has 1 unspecified atom stereocenters. The minimum absolute atomic E-state index is 0.00389. The normalized spacial score (nSPS) is 18.6. The minimum atomic E-state index is -0.782. The predicted molar refractivity (Wildman–Crippen MR) is 139 cm³/mol. The Labute approximate surface area is 208 Å². The van der Waals surface area contributed by atoms with E-state index < -0.39 is 11.5 Å². The van der Waals surface area contributed by atoms with Crippen LogP contribution in [-0.2, 0) is 14.4 Å². The Morgan fingerprint density at radius 2 is 1.69 bits per heavy atom. The van der Waals surface area contributed by atoms with E-state index in [9.17, 15) is 14.4 Å². The molecule has 2 aliphatic rings. The topological polar surface area (TPSA) is 69.7 Å². The van der Waals surface area contributed by atoms with Crippen molar-refractivity contribution in [1.29, 1.82) is 0 Å². The zero-order valence-corrected chi connectivity index (χ0v) is 21.3. The van der Waals surface area contributed by atoms with Crippen molar-refractivity contribution in [1.82, 2.24) is 10.2 Å². The van der Waals surface area contributed by atoms with Crippen LogP contribution in [0.5, 0.6) is 0 Å². The van der Waals surface area contributed by atoms with Gasteiger partial charge in [-0.15, -0.1) is 0 Å². The summed E-state index contributed by atoms with van der Waals surface area (Å²) < 4.78 is 0. The molecule has 1 saturated carbocycles. The van der Waals surface area contributed by atoms with Crippen molar-refractivity contribution in [3.05, 3.63) is 54.1 Å². The van der Waals surface area contributed by atoms with Gasteiger partial charge in [-0.1, -0.05) is 69.2 Å². The average Bonchev–Trinajstić information content (AvgIpc) is 3.31. The largest absolute Gasteiger partial charge is 0.342 e. The van der Waals surface area contributed by atoms with Crippen LogP contribution in [0.15, 0.2) is 48.5 Å². The van der Waals surface area contributed by atoms with Crippen LogP contribution in [0.3, 0.4) is 0 Å². The van der Waals surface area contributed by atoms with Crippen LogP contribution in [0.25, 0.3) is 11.1 Å². The number of nitrogens with zero attached hydrogens (tertiary/aromatic N) is 2. The van der Waals surface area contributed by atoms with Crippen LogP contribution in [-0.4, -0.2) is 42.8 Å². The number of hydrogen-bond acceptors (Lipinski definition) is 3. The molecule has 35 heavy (non-hydrogen) atoms. The molecule has 3 amide bonds. The Hall–Kier alpha value is -3.15. The number of amides is 3. The Kier molecular flexibility index (Phi) is 7.29. The molecule has 6 heteroatoms. The lowest BCUT2D eigenvalue weighted by atomic mass is 9.83. The smallest absolute Gasteiger partial charge is 0.253 e. The van der Waals surface area contributed by atoms with Gasteiger partial charge in [-0.25, -0.2) is 0 Å². The third kappa shape index (κ3) is 4.97. The van der Waals surface area contributed by atoms with Crippen molar-refractivity contribution in [2.24, 2.45) is 11.3 Å². The number of para-hydroxylation sites is 1.